The Labute approximate surface area is 112 Å². The lowest BCUT2D eigenvalue weighted by atomic mass is 10.1. The first kappa shape index (κ1) is 13.2. The number of aromatic nitrogens is 1. The molecule has 0 radical (unpaired) electrons. The van der Waals surface area contributed by atoms with Crippen molar-refractivity contribution in [2.75, 3.05) is 0 Å². The second-order valence-electron chi connectivity index (χ2n) is 4.39. The lowest BCUT2D eigenvalue weighted by molar-refractivity contribution is 0.0951. The molecule has 98 valence electrons. The molecule has 1 amide bonds. The van der Waals surface area contributed by atoms with Crippen molar-refractivity contribution in [3.05, 3.63) is 65.0 Å². The summed E-state index contributed by atoms with van der Waals surface area (Å²) in [6.45, 7) is 2.89. The summed E-state index contributed by atoms with van der Waals surface area (Å²) < 4.78 is 0. The summed E-state index contributed by atoms with van der Waals surface area (Å²) in [5.41, 5.74) is 9.11. The van der Waals surface area contributed by atoms with Gasteiger partial charge in [-0.1, -0.05) is 18.2 Å². The van der Waals surface area contributed by atoms with Crippen LogP contribution in [-0.2, 0) is 13.1 Å². The number of hydrogen-bond donors (Lipinski definition) is 2. The van der Waals surface area contributed by atoms with Crippen molar-refractivity contribution in [2.45, 2.75) is 20.0 Å². The fourth-order valence-electron chi connectivity index (χ4n) is 1.68. The molecule has 0 bridgehead atoms. The second-order valence-corrected chi connectivity index (χ2v) is 4.39. The van der Waals surface area contributed by atoms with Gasteiger partial charge in [-0.2, -0.15) is 0 Å². The molecule has 2 aromatic rings. The molecule has 0 saturated carbocycles. The SMILES string of the molecule is Cc1ccc(CNC(=O)c2ccc(CN)cc2)cn1. The molecule has 0 saturated heterocycles. The number of hydrogen-bond acceptors (Lipinski definition) is 3. The molecular formula is C15H17N3O. The molecule has 0 atom stereocenters. The number of pyridine rings is 1. The van der Waals surface area contributed by atoms with Gasteiger partial charge in [0.2, 0.25) is 0 Å². The molecule has 0 fully saturated rings. The summed E-state index contributed by atoms with van der Waals surface area (Å²) in [5.74, 6) is -0.0934. The van der Waals surface area contributed by atoms with Crippen LogP contribution < -0.4 is 11.1 Å². The topological polar surface area (TPSA) is 68.0 Å². The number of nitrogens with one attached hydrogen (secondary N) is 1. The van der Waals surface area contributed by atoms with Gasteiger partial charge < -0.3 is 11.1 Å². The van der Waals surface area contributed by atoms with Crippen LogP contribution in [-0.4, -0.2) is 10.9 Å². The van der Waals surface area contributed by atoms with Gasteiger partial charge in [-0.05, 0) is 36.2 Å². The van der Waals surface area contributed by atoms with E-state index in [1.54, 1.807) is 18.3 Å². The number of carbonyl (C=O) groups excluding carboxylic acids is 1. The zero-order valence-electron chi connectivity index (χ0n) is 10.9. The number of nitrogens with zero attached hydrogens (tertiary/aromatic N) is 1. The van der Waals surface area contributed by atoms with E-state index in [0.717, 1.165) is 16.8 Å². The highest BCUT2D eigenvalue weighted by Crippen LogP contribution is 2.04. The maximum Gasteiger partial charge on any atom is 0.251 e. The number of benzene rings is 1. The Bertz CT molecular complexity index is 547. The molecule has 0 aliphatic carbocycles. The van der Waals surface area contributed by atoms with E-state index in [0.29, 0.717) is 18.7 Å². The smallest absolute Gasteiger partial charge is 0.251 e. The Morgan fingerprint density at radius 1 is 1.16 bits per heavy atom. The van der Waals surface area contributed by atoms with E-state index in [-0.39, 0.29) is 5.91 Å². The standard InChI is InChI=1S/C15H17N3O/c1-11-2-3-13(9-17-11)10-18-15(19)14-6-4-12(8-16)5-7-14/h2-7,9H,8,10,16H2,1H3,(H,18,19). The molecule has 3 N–H and O–H groups in total. The van der Waals surface area contributed by atoms with E-state index >= 15 is 0 Å². The maximum atomic E-state index is 11.9. The predicted octanol–water partition coefficient (Wildman–Crippen LogP) is 1.78. The van der Waals surface area contributed by atoms with Crippen molar-refractivity contribution in [2.24, 2.45) is 5.73 Å². The first-order valence-electron chi connectivity index (χ1n) is 6.18. The summed E-state index contributed by atoms with van der Waals surface area (Å²) in [6.07, 6.45) is 1.77. The van der Waals surface area contributed by atoms with Gasteiger partial charge in [0.1, 0.15) is 0 Å². The van der Waals surface area contributed by atoms with Crippen LogP contribution in [0.15, 0.2) is 42.6 Å². The van der Waals surface area contributed by atoms with Gasteiger partial charge in [0.15, 0.2) is 0 Å². The van der Waals surface area contributed by atoms with Gasteiger partial charge in [-0.25, -0.2) is 0 Å². The number of rotatable bonds is 4. The van der Waals surface area contributed by atoms with Crippen LogP contribution in [0.1, 0.15) is 27.2 Å². The molecule has 1 aromatic carbocycles. The minimum absolute atomic E-state index is 0.0934. The average molecular weight is 255 g/mol. The monoisotopic (exact) mass is 255 g/mol. The molecule has 0 spiro atoms. The Kier molecular flexibility index (Phi) is 4.26. The van der Waals surface area contributed by atoms with Crippen LogP contribution in [0, 0.1) is 6.92 Å². The van der Waals surface area contributed by atoms with Crippen LogP contribution in [0.4, 0.5) is 0 Å². The van der Waals surface area contributed by atoms with E-state index in [9.17, 15) is 4.79 Å². The Morgan fingerprint density at radius 2 is 1.84 bits per heavy atom. The fraction of sp³-hybridized carbons (Fsp3) is 0.200. The van der Waals surface area contributed by atoms with Crippen LogP contribution in [0.25, 0.3) is 0 Å². The van der Waals surface area contributed by atoms with Gasteiger partial charge in [-0.3, -0.25) is 9.78 Å². The third-order valence-electron chi connectivity index (χ3n) is 2.88. The number of nitrogens with two attached hydrogens (primary N) is 1. The van der Waals surface area contributed by atoms with Gasteiger partial charge in [-0.15, -0.1) is 0 Å². The lowest BCUT2D eigenvalue weighted by Crippen LogP contribution is -2.22. The molecule has 1 aromatic heterocycles. The quantitative estimate of drug-likeness (QED) is 0.875. The summed E-state index contributed by atoms with van der Waals surface area (Å²) in [6, 6.07) is 11.2. The highest BCUT2D eigenvalue weighted by Gasteiger charge is 2.04. The van der Waals surface area contributed by atoms with Crippen molar-refractivity contribution in [3.63, 3.8) is 0 Å². The average Bonchev–Trinajstić information content (AvgIpc) is 2.46. The van der Waals surface area contributed by atoms with E-state index < -0.39 is 0 Å². The molecular weight excluding hydrogens is 238 g/mol. The first-order valence-corrected chi connectivity index (χ1v) is 6.18. The summed E-state index contributed by atoms with van der Waals surface area (Å²) in [4.78, 5) is 16.1. The van der Waals surface area contributed by atoms with E-state index in [2.05, 4.69) is 10.3 Å². The molecule has 0 aliphatic heterocycles. The van der Waals surface area contributed by atoms with Gasteiger partial charge >= 0.3 is 0 Å². The first-order chi connectivity index (χ1) is 9.19. The molecule has 19 heavy (non-hydrogen) atoms. The number of amides is 1. The fourth-order valence-corrected chi connectivity index (χ4v) is 1.68. The Balaban J connectivity index is 1.95. The van der Waals surface area contributed by atoms with Crippen molar-refractivity contribution in [1.82, 2.24) is 10.3 Å². The largest absolute Gasteiger partial charge is 0.348 e. The summed E-state index contributed by atoms with van der Waals surface area (Å²) >= 11 is 0. The molecule has 4 nitrogen and oxygen atoms in total. The third-order valence-corrected chi connectivity index (χ3v) is 2.88. The van der Waals surface area contributed by atoms with Crippen molar-refractivity contribution < 1.29 is 4.79 Å². The van der Waals surface area contributed by atoms with E-state index in [1.165, 1.54) is 0 Å². The summed E-state index contributed by atoms with van der Waals surface area (Å²) in [7, 11) is 0. The van der Waals surface area contributed by atoms with Gasteiger partial charge in [0.05, 0.1) is 0 Å². The Morgan fingerprint density at radius 3 is 2.42 bits per heavy atom. The zero-order valence-corrected chi connectivity index (χ0v) is 10.9. The molecule has 4 heteroatoms. The van der Waals surface area contributed by atoms with Gasteiger partial charge in [0, 0.05) is 30.5 Å². The number of carbonyl (C=O) groups is 1. The highest BCUT2D eigenvalue weighted by molar-refractivity contribution is 5.94. The van der Waals surface area contributed by atoms with Crippen LogP contribution in [0.2, 0.25) is 0 Å². The number of aryl methyl sites for hydroxylation is 1. The maximum absolute atomic E-state index is 11.9. The minimum atomic E-state index is -0.0934. The minimum Gasteiger partial charge on any atom is -0.348 e. The molecule has 1 heterocycles. The van der Waals surface area contributed by atoms with Crippen molar-refractivity contribution >= 4 is 5.91 Å². The lowest BCUT2D eigenvalue weighted by Gasteiger charge is -2.06. The zero-order chi connectivity index (χ0) is 13.7. The van der Waals surface area contributed by atoms with Crippen LogP contribution in [0.5, 0.6) is 0 Å². The van der Waals surface area contributed by atoms with E-state index in [4.69, 9.17) is 5.73 Å². The van der Waals surface area contributed by atoms with Crippen LogP contribution in [0.3, 0.4) is 0 Å². The highest BCUT2D eigenvalue weighted by atomic mass is 16.1. The van der Waals surface area contributed by atoms with Crippen molar-refractivity contribution in [1.29, 1.82) is 0 Å². The summed E-state index contributed by atoms with van der Waals surface area (Å²) in [5, 5.41) is 2.86. The van der Waals surface area contributed by atoms with E-state index in [1.807, 2.05) is 31.2 Å². The normalized spacial score (nSPS) is 10.2. The Hall–Kier alpha value is -2.20. The van der Waals surface area contributed by atoms with Crippen molar-refractivity contribution in [3.8, 4) is 0 Å². The predicted molar refractivity (Wildman–Crippen MR) is 74.5 cm³/mol. The molecule has 2 rings (SSSR count). The molecule has 0 aliphatic rings. The molecule has 0 unspecified atom stereocenters. The third kappa shape index (κ3) is 3.63. The van der Waals surface area contributed by atoms with Crippen LogP contribution >= 0.6 is 0 Å². The second kappa shape index (κ2) is 6.11. The van der Waals surface area contributed by atoms with Gasteiger partial charge in [0.25, 0.3) is 5.91 Å².